The molecule has 6 nitrogen and oxygen atoms in total. The number of hydrogen-bond acceptors (Lipinski definition) is 4. The Bertz CT molecular complexity index is 935. The summed E-state index contributed by atoms with van der Waals surface area (Å²) < 4.78 is 1.81. The molecule has 1 aliphatic rings. The number of rotatable bonds is 4. The van der Waals surface area contributed by atoms with Crippen molar-refractivity contribution in [2.24, 2.45) is 0 Å². The smallest absolute Gasteiger partial charge is 0.253 e. The number of amides is 1. The van der Waals surface area contributed by atoms with E-state index in [9.17, 15) is 9.90 Å². The molecule has 1 fully saturated rings. The average Bonchev–Trinajstić information content (AvgIpc) is 3.24. The molecule has 0 spiro atoms. The molecule has 4 rings (SSSR count). The zero-order chi connectivity index (χ0) is 19.5. The van der Waals surface area contributed by atoms with Crippen LogP contribution in [0.2, 0.25) is 5.02 Å². The Hall–Kier alpha value is -2.70. The maximum atomic E-state index is 12.6. The average molecular weight is 397 g/mol. The minimum atomic E-state index is -0.790. The molecule has 0 saturated carbocycles. The fourth-order valence-electron chi connectivity index (χ4n) is 3.51. The number of aliphatic hydroxyl groups is 1. The Morgan fingerprint density at radius 3 is 2.43 bits per heavy atom. The molecule has 0 bridgehead atoms. The summed E-state index contributed by atoms with van der Waals surface area (Å²) in [6.07, 6.45) is 2.60. The van der Waals surface area contributed by atoms with Crippen LogP contribution in [-0.2, 0) is 0 Å². The number of aromatic nitrogens is 3. The van der Waals surface area contributed by atoms with Gasteiger partial charge in [0.15, 0.2) is 0 Å². The van der Waals surface area contributed by atoms with Crippen LogP contribution in [0, 0.1) is 0 Å². The molecule has 1 saturated heterocycles. The zero-order valence-corrected chi connectivity index (χ0v) is 16.0. The van der Waals surface area contributed by atoms with Gasteiger partial charge in [0.25, 0.3) is 5.91 Å². The summed E-state index contributed by atoms with van der Waals surface area (Å²) >= 11 is 5.89. The Kier molecular flexibility index (Phi) is 5.41. The van der Waals surface area contributed by atoms with Crippen molar-refractivity contribution < 1.29 is 9.90 Å². The van der Waals surface area contributed by atoms with Gasteiger partial charge in [0, 0.05) is 23.7 Å². The molecular formula is C21H21ClN4O2. The number of halogens is 1. The largest absolute Gasteiger partial charge is 0.382 e. The minimum Gasteiger partial charge on any atom is -0.382 e. The van der Waals surface area contributed by atoms with E-state index >= 15 is 0 Å². The number of nitrogens with zero attached hydrogens (tertiary/aromatic N) is 4. The fraction of sp³-hybridized carbons (Fsp3) is 0.286. The number of aliphatic hydroxyl groups excluding tert-OH is 1. The lowest BCUT2D eigenvalue weighted by Crippen LogP contribution is -2.39. The molecule has 1 atom stereocenters. The number of likely N-dealkylation sites (tertiary alicyclic amines) is 1. The molecule has 3 aromatic rings. The van der Waals surface area contributed by atoms with Crippen LogP contribution in [0.5, 0.6) is 0 Å². The fourth-order valence-corrected chi connectivity index (χ4v) is 3.63. The summed E-state index contributed by atoms with van der Waals surface area (Å²) in [5.74, 6) is 0.0221. The van der Waals surface area contributed by atoms with Gasteiger partial charge in [-0.25, -0.2) is 4.68 Å². The van der Waals surface area contributed by atoms with Gasteiger partial charge in [0.1, 0.15) is 11.8 Å². The highest BCUT2D eigenvalue weighted by Crippen LogP contribution is 2.25. The van der Waals surface area contributed by atoms with E-state index in [0.29, 0.717) is 29.4 Å². The van der Waals surface area contributed by atoms with Gasteiger partial charge < -0.3 is 10.0 Å². The first-order valence-electron chi connectivity index (χ1n) is 9.31. The van der Waals surface area contributed by atoms with Crippen LogP contribution >= 0.6 is 11.6 Å². The second-order valence-electron chi connectivity index (χ2n) is 6.97. The molecule has 7 heteroatoms. The van der Waals surface area contributed by atoms with Crippen LogP contribution in [0.25, 0.3) is 0 Å². The van der Waals surface area contributed by atoms with Gasteiger partial charge in [0.05, 0.1) is 12.2 Å². The third-order valence-corrected chi connectivity index (χ3v) is 5.39. The maximum absolute atomic E-state index is 12.6. The summed E-state index contributed by atoms with van der Waals surface area (Å²) in [4.78, 5) is 14.5. The van der Waals surface area contributed by atoms with E-state index in [0.717, 1.165) is 18.4 Å². The predicted octanol–water partition coefficient (Wildman–Crippen LogP) is 3.49. The lowest BCUT2D eigenvalue weighted by Gasteiger charge is -2.32. The Morgan fingerprint density at radius 1 is 1.07 bits per heavy atom. The SMILES string of the molecule is O=C(c1ccc(Cl)cc1)N1CCC(n2cc(C(O)c3ccccc3)nn2)CC1. The number of carbonyl (C=O) groups is 1. The Labute approximate surface area is 168 Å². The van der Waals surface area contributed by atoms with Crippen LogP contribution in [0.3, 0.4) is 0 Å². The van der Waals surface area contributed by atoms with Crippen molar-refractivity contribution in [2.75, 3.05) is 13.1 Å². The Balaban J connectivity index is 1.38. The lowest BCUT2D eigenvalue weighted by molar-refractivity contribution is 0.0689. The van der Waals surface area contributed by atoms with E-state index in [1.807, 2.05) is 39.9 Å². The molecule has 1 unspecified atom stereocenters. The quantitative estimate of drug-likeness (QED) is 0.732. The van der Waals surface area contributed by atoms with Gasteiger partial charge in [-0.2, -0.15) is 0 Å². The first-order valence-corrected chi connectivity index (χ1v) is 9.69. The molecule has 2 heterocycles. The molecule has 0 radical (unpaired) electrons. The molecular weight excluding hydrogens is 376 g/mol. The number of piperidine rings is 1. The standard InChI is InChI=1S/C21H21ClN4O2/c22-17-8-6-16(7-9-17)21(28)25-12-10-18(11-13-25)26-14-19(23-24-26)20(27)15-4-2-1-3-5-15/h1-9,14,18,20,27H,10-13H2. The van der Waals surface area contributed by atoms with E-state index in [2.05, 4.69) is 10.3 Å². The van der Waals surface area contributed by atoms with E-state index in [4.69, 9.17) is 11.6 Å². The monoisotopic (exact) mass is 396 g/mol. The molecule has 144 valence electrons. The molecule has 28 heavy (non-hydrogen) atoms. The van der Waals surface area contributed by atoms with Crippen molar-refractivity contribution in [3.05, 3.63) is 82.6 Å². The normalized spacial score (nSPS) is 16.1. The van der Waals surface area contributed by atoms with Gasteiger partial charge in [-0.05, 0) is 42.7 Å². The molecule has 0 aliphatic carbocycles. The van der Waals surface area contributed by atoms with Gasteiger partial charge in [-0.1, -0.05) is 47.1 Å². The topological polar surface area (TPSA) is 71.2 Å². The van der Waals surface area contributed by atoms with Crippen molar-refractivity contribution >= 4 is 17.5 Å². The summed E-state index contributed by atoms with van der Waals surface area (Å²) in [7, 11) is 0. The number of hydrogen-bond donors (Lipinski definition) is 1. The lowest BCUT2D eigenvalue weighted by atomic mass is 10.0. The van der Waals surface area contributed by atoms with Crippen molar-refractivity contribution in [1.29, 1.82) is 0 Å². The predicted molar refractivity (Wildman–Crippen MR) is 106 cm³/mol. The summed E-state index contributed by atoms with van der Waals surface area (Å²) in [5.41, 5.74) is 1.97. The summed E-state index contributed by atoms with van der Waals surface area (Å²) in [5, 5.41) is 19.5. The molecule has 1 aliphatic heterocycles. The van der Waals surface area contributed by atoms with Crippen molar-refractivity contribution in [2.45, 2.75) is 25.0 Å². The minimum absolute atomic E-state index is 0.0221. The van der Waals surface area contributed by atoms with E-state index < -0.39 is 6.10 Å². The van der Waals surface area contributed by atoms with E-state index in [-0.39, 0.29) is 11.9 Å². The van der Waals surface area contributed by atoms with Crippen LogP contribution in [0.15, 0.2) is 60.8 Å². The van der Waals surface area contributed by atoms with Crippen LogP contribution < -0.4 is 0 Å². The summed E-state index contributed by atoms with van der Waals surface area (Å²) in [6, 6.07) is 16.6. The first-order chi connectivity index (χ1) is 13.6. The van der Waals surface area contributed by atoms with Gasteiger partial charge in [-0.15, -0.1) is 5.10 Å². The molecule has 2 aromatic carbocycles. The van der Waals surface area contributed by atoms with Gasteiger partial charge in [-0.3, -0.25) is 4.79 Å². The van der Waals surface area contributed by atoms with Crippen molar-refractivity contribution in [1.82, 2.24) is 19.9 Å². The maximum Gasteiger partial charge on any atom is 0.253 e. The summed E-state index contributed by atoms with van der Waals surface area (Å²) in [6.45, 7) is 1.31. The molecule has 1 N–H and O–H groups in total. The third kappa shape index (κ3) is 3.93. The van der Waals surface area contributed by atoms with Crippen molar-refractivity contribution in [3.8, 4) is 0 Å². The van der Waals surface area contributed by atoms with Crippen molar-refractivity contribution in [3.63, 3.8) is 0 Å². The number of carbonyl (C=O) groups excluding carboxylic acids is 1. The van der Waals surface area contributed by atoms with Gasteiger partial charge >= 0.3 is 0 Å². The van der Waals surface area contributed by atoms with E-state index in [1.54, 1.807) is 30.5 Å². The highest BCUT2D eigenvalue weighted by atomic mass is 35.5. The first kappa shape index (κ1) is 18.7. The Morgan fingerprint density at radius 2 is 1.75 bits per heavy atom. The third-order valence-electron chi connectivity index (χ3n) is 5.14. The van der Waals surface area contributed by atoms with Crippen LogP contribution in [0.4, 0.5) is 0 Å². The van der Waals surface area contributed by atoms with Crippen LogP contribution in [0.1, 0.15) is 46.6 Å². The second-order valence-corrected chi connectivity index (χ2v) is 7.40. The van der Waals surface area contributed by atoms with E-state index in [1.165, 1.54) is 0 Å². The van der Waals surface area contributed by atoms with Gasteiger partial charge in [0.2, 0.25) is 0 Å². The second kappa shape index (κ2) is 8.12. The molecule has 1 aromatic heterocycles. The molecule has 1 amide bonds. The highest BCUT2D eigenvalue weighted by molar-refractivity contribution is 6.30. The number of benzene rings is 2. The zero-order valence-electron chi connectivity index (χ0n) is 15.3. The highest BCUT2D eigenvalue weighted by Gasteiger charge is 2.26. The van der Waals surface area contributed by atoms with Crippen LogP contribution in [-0.4, -0.2) is 44.0 Å².